The molecule has 0 amide bonds. The van der Waals surface area contributed by atoms with Crippen LogP contribution in [-0.2, 0) is 0 Å². The Hall–Kier alpha value is -0.560. The molecule has 0 saturated carbocycles. The lowest BCUT2D eigenvalue weighted by Crippen LogP contribution is -2.24. The van der Waals surface area contributed by atoms with Gasteiger partial charge in [-0.1, -0.05) is 44.9 Å². The molecule has 0 radical (unpaired) electrons. The first-order chi connectivity index (χ1) is 6.67. The van der Waals surface area contributed by atoms with Gasteiger partial charge in [0.05, 0.1) is 0 Å². The first-order valence-electron chi connectivity index (χ1n) is 5.80. The summed E-state index contributed by atoms with van der Waals surface area (Å²) in [6, 6.07) is 0.579. The fraction of sp³-hybridized carbons (Fsp3) is 0.692. The Morgan fingerprint density at radius 3 is 2.86 bits per heavy atom. The molecule has 0 aromatic carbocycles. The summed E-state index contributed by atoms with van der Waals surface area (Å²) >= 11 is 0. The minimum absolute atomic E-state index is 0.579. The number of rotatable bonds is 4. The summed E-state index contributed by atoms with van der Waals surface area (Å²) in [6.07, 6.45) is 7.22. The maximum atomic E-state index is 3.48. The Kier molecular flexibility index (Phi) is 4.40. The van der Waals surface area contributed by atoms with Crippen molar-refractivity contribution in [3.05, 3.63) is 23.3 Å². The Balaban J connectivity index is 2.59. The van der Waals surface area contributed by atoms with Crippen LogP contribution in [0.25, 0.3) is 0 Å². The summed E-state index contributed by atoms with van der Waals surface area (Å²) in [6.45, 7) is 9.99. The third kappa shape index (κ3) is 2.98. The summed E-state index contributed by atoms with van der Waals surface area (Å²) < 4.78 is 0. The molecule has 1 nitrogen and oxygen atoms in total. The summed E-state index contributed by atoms with van der Waals surface area (Å²) in [4.78, 5) is 0. The maximum Gasteiger partial charge on any atom is 0.0296 e. The predicted molar refractivity (Wildman–Crippen MR) is 63.4 cm³/mol. The third-order valence-corrected chi connectivity index (χ3v) is 2.99. The van der Waals surface area contributed by atoms with E-state index < -0.39 is 0 Å². The van der Waals surface area contributed by atoms with Gasteiger partial charge in [-0.05, 0) is 31.4 Å². The second-order valence-corrected chi connectivity index (χ2v) is 4.30. The number of likely N-dealkylation sites (N-methyl/N-ethyl adjacent to an activating group) is 1. The van der Waals surface area contributed by atoms with Crippen LogP contribution in [0.15, 0.2) is 23.3 Å². The van der Waals surface area contributed by atoms with Crippen molar-refractivity contribution < 1.29 is 0 Å². The van der Waals surface area contributed by atoms with E-state index in [2.05, 4.69) is 45.2 Å². The van der Waals surface area contributed by atoms with Crippen molar-refractivity contribution in [3.8, 4) is 0 Å². The van der Waals surface area contributed by atoms with E-state index in [-0.39, 0.29) is 0 Å². The van der Waals surface area contributed by atoms with E-state index in [1.807, 2.05) is 0 Å². The minimum Gasteiger partial charge on any atom is -0.310 e. The highest BCUT2D eigenvalue weighted by Gasteiger charge is 2.16. The van der Waals surface area contributed by atoms with Crippen molar-refractivity contribution in [3.63, 3.8) is 0 Å². The molecular weight excluding hydrogens is 170 g/mol. The van der Waals surface area contributed by atoms with Gasteiger partial charge in [0.15, 0.2) is 0 Å². The van der Waals surface area contributed by atoms with E-state index in [0.717, 1.165) is 6.54 Å². The molecule has 0 saturated heterocycles. The number of hydrogen-bond acceptors (Lipinski definition) is 1. The van der Waals surface area contributed by atoms with Crippen LogP contribution in [0.4, 0.5) is 0 Å². The van der Waals surface area contributed by atoms with Crippen molar-refractivity contribution in [2.75, 3.05) is 6.54 Å². The average molecular weight is 193 g/mol. The van der Waals surface area contributed by atoms with Gasteiger partial charge < -0.3 is 5.32 Å². The van der Waals surface area contributed by atoms with Crippen LogP contribution < -0.4 is 5.32 Å². The Morgan fingerprint density at radius 2 is 2.29 bits per heavy atom. The molecule has 0 heterocycles. The van der Waals surface area contributed by atoms with Gasteiger partial charge in [-0.15, -0.1) is 0 Å². The SMILES string of the molecule is CCN[C@H]1C=C(C)/C(=C/C(C)CC)C1. The van der Waals surface area contributed by atoms with Crippen molar-refractivity contribution in [1.29, 1.82) is 0 Å². The Labute approximate surface area is 88.3 Å². The lowest BCUT2D eigenvalue weighted by molar-refractivity contribution is 0.623. The van der Waals surface area contributed by atoms with Gasteiger partial charge >= 0.3 is 0 Å². The molecule has 0 aliphatic heterocycles. The second-order valence-electron chi connectivity index (χ2n) is 4.30. The number of allylic oxidation sites excluding steroid dienone is 2. The lowest BCUT2D eigenvalue weighted by Gasteiger charge is -2.09. The highest BCUT2D eigenvalue weighted by molar-refractivity contribution is 5.37. The van der Waals surface area contributed by atoms with Crippen LogP contribution in [0.3, 0.4) is 0 Å². The van der Waals surface area contributed by atoms with E-state index >= 15 is 0 Å². The molecule has 1 N–H and O–H groups in total. The topological polar surface area (TPSA) is 12.0 Å². The maximum absolute atomic E-state index is 3.48. The van der Waals surface area contributed by atoms with Gasteiger partial charge in [-0.25, -0.2) is 0 Å². The van der Waals surface area contributed by atoms with E-state index in [4.69, 9.17) is 0 Å². The molecule has 1 heteroatoms. The van der Waals surface area contributed by atoms with Gasteiger partial charge in [0.1, 0.15) is 0 Å². The molecule has 1 aliphatic carbocycles. The van der Waals surface area contributed by atoms with Crippen molar-refractivity contribution >= 4 is 0 Å². The highest BCUT2D eigenvalue weighted by Crippen LogP contribution is 2.26. The smallest absolute Gasteiger partial charge is 0.0296 e. The van der Waals surface area contributed by atoms with Crippen LogP contribution in [0.1, 0.15) is 40.5 Å². The molecule has 2 atom stereocenters. The van der Waals surface area contributed by atoms with Crippen LogP contribution in [0.2, 0.25) is 0 Å². The second kappa shape index (κ2) is 5.35. The third-order valence-electron chi connectivity index (χ3n) is 2.99. The van der Waals surface area contributed by atoms with Crippen LogP contribution >= 0.6 is 0 Å². The fourth-order valence-corrected chi connectivity index (χ4v) is 1.92. The van der Waals surface area contributed by atoms with Gasteiger partial charge in [-0.2, -0.15) is 0 Å². The predicted octanol–water partition coefficient (Wildman–Crippen LogP) is 3.29. The van der Waals surface area contributed by atoms with Crippen molar-refractivity contribution in [2.24, 2.45) is 5.92 Å². The molecule has 0 bridgehead atoms. The standard InChI is InChI=1S/C13H23N/c1-5-10(3)7-12-9-13(14-6-2)8-11(12)4/h7-8,10,13-14H,5-6,9H2,1-4H3/b12-7+/t10?,13-/m0/s1. The van der Waals surface area contributed by atoms with E-state index in [9.17, 15) is 0 Å². The monoisotopic (exact) mass is 193 g/mol. The molecule has 0 aromatic rings. The molecule has 80 valence electrons. The first-order valence-corrected chi connectivity index (χ1v) is 5.80. The zero-order valence-corrected chi connectivity index (χ0v) is 9.93. The zero-order chi connectivity index (χ0) is 10.6. The van der Waals surface area contributed by atoms with E-state index in [1.54, 1.807) is 5.57 Å². The molecule has 1 aliphatic rings. The van der Waals surface area contributed by atoms with E-state index in [1.165, 1.54) is 18.4 Å². The molecular formula is C13H23N. The van der Waals surface area contributed by atoms with Gasteiger partial charge in [0, 0.05) is 6.04 Å². The quantitative estimate of drug-likeness (QED) is 0.722. The van der Waals surface area contributed by atoms with E-state index in [0.29, 0.717) is 12.0 Å². The number of hydrogen-bond donors (Lipinski definition) is 1. The molecule has 0 fully saturated rings. The normalized spacial score (nSPS) is 26.7. The van der Waals surface area contributed by atoms with Crippen LogP contribution in [0.5, 0.6) is 0 Å². The molecule has 0 spiro atoms. The molecule has 1 rings (SSSR count). The van der Waals surface area contributed by atoms with Gasteiger partial charge in [0.2, 0.25) is 0 Å². The van der Waals surface area contributed by atoms with Gasteiger partial charge in [0.25, 0.3) is 0 Å². The largest absolute Gasteiger partial charge is 0.310 e. The molecule has 0 aromatic heterocycles. The highest BCUT2D eigenvalue weighted by atomic mass is 14.9. The average Bonchev–Trinajstić information content (AvgIpc) is 2.47. The van der Waals surface area contributed by atoms with Crippen LogP contribution in [0, 0.1) is 5.92 Å². The number of nitrogens with one attached hydrogen (secondary N) is 1. The lowest BCUT2D eigenvalue weighted by atomic mass is 10.0. The van der Waals surface area contributed by atoms with Crippen molar-refractivity contribution in [1.82, 2.24) is 5.32 Å². The van der Waals surface area contributed by atoms with Crippen molar-refractivity contribution in [2.45, 2.75) is 46.6 Å². The van der Waals surface area contributed by atoms with Gasteiger partial charge in [-0.3, -0.25) is 0 Å². The summed E-state index contributed by atoms with van der Waals surface area (Å²) in [5.74, 6) is 0.716. The van der Waals surface area contributed by atoms with Crippen LogP contribution in [-0.4, -0.2) is 12.6 Å². The Bertz CT molecular complexity index is 238. The minimum atomic E-state index is 0.579. The Morgan fingerprint density at radius 1 is 1.57 bits per heavy atom. The summed E-state index contributed by atoms with van der Waals surface area (Å²) in [5, 5.41) is 3.48. The fourth-order valence-electron chi connectivity index (χ4n) is 1.92. The molecule has 14 heavy (non-hydrogen) atoms. The zero-order valence-electron chi connectivity index (χ0n) is 9.93. The first kappa shape index (κ1) is 11.5. The summed E-state index contributed by atoms with van der Waals surface area (Å²) in [7, 11) is 0. The summed E-state index contributed by atoms with van der Waals surface area (Å²) in [5.41, 5.74) is 3.02. The molecule has 1 unspecified atom stereocenters.